The summed E-state index contributed by atoms with van der Waals surface area (Å²) in [7, 11) is -2.27. The van der Waals surface area contributed by atoms with E-state index in [1.165, 1.54) is 13.2 Å². The third-order valence-electron chi connectivity index (χ3n) is 2.51. The van der Waals surface area contributed by atoms with Crippen molar-refractivity contribution in [2.45, 2.75) is 38.2 Å². The van der Waals surface area contributed by atoms with E-state index in [0.29, 0.717) is 5.56 Å². The Hall–Kier alpha value is -1.56. The second kappa shape index (κ2) is 5.44. The maximum absolute atomic E-state index is 11.9. The van der Waals surface area contributed by atoms with Gasteiger partial charge in [0.15, 0.2) is 9.84 Å². The number of rotatable bonds is 3. The number of hydrogen-bond donors (Lipinski definition) is 0. The third kappa shape index (κ3) is 3.96. The van der Waals surface area contributed by atoms with Gasteiger partial charge in [0.05, 0.1) is 12.7 Å². The lowest BCUT2D eigenvalue weighted by molar-refractivity contribution is 0.0599. The second-order valence-electron chi connectivity index (χ2n) is 5.59. The first-order valence-corrected chi connectivity index (χ1v) is 7.97. The van der Waals surface area contributed by atoms with Gasteiger partial charge in [-0.25, -0.2) is 13.2 Å². The molecule has 1 aromatic rings. The van der Waals surface area contributed by atoms with Gasteiger partial charge in [0.2, 0.25) is 0 Å². The zero-order valence-corrected chi connectivity index (χ0v) is 13.4. The molecule has 0 unspecified atom stereocenters. The average Bonchev–Trinajstić information content (AvgIpc) is 2.24. The molecule has 1 aromatic carbocycles. The van der Waals surface area contributed by atoms with E-state index in [2.05, 4.69) is 4.74 Å². The van der Waals surface area contributed by atoms with Crippen molar-refractivity contribution in [2.24, 2.45) is 0 Å². The predicted octanol–water partition coefficient (Wildman–Crippen LogP) is 2.36. The molecule has 0 fully saturated rings. The van der Waals surface area contributed by atoms with E-state index in [0.717, 1.165) is 6.26 Å². The van der Waals surface area contributed by atoms with Crippen LogP contribution in [-0.4, -0.2) is 33.4 Å². The maximum atomic E-state index is 11.9. The predicted molar refractivity (Wildman–Crippen MR) is 76.0 cm³/mol. The fourth-order valence-corrected chi connectivity index (χ4v) is 2.49. The van der Waals surface area contributed by atoms with Crippen molar-refractivity contribution in [3.05, 3.63) is 23.3 Å². The van der Waals surface area contributed by atoms with Crippen molar-refractivity contribution in [3.63, 3.8) is 0 Å². The molecule has 0 atom stereocenters. The van der Waals surface area contributed by atoms with Gasteiger partial charge in [0, 0.05) is 6.26 Å². The van der Waals surface area contributed by atoms with Crippen LogP contribution in [0, 0.1) is 6.92 Å². The van der Waals surface area contributed by atoms with Crippen molar-refractivity contribution >= 4 is 15.8 Å². The first-order chi connectivity index (χ1) is 8.95. The Morgan fingerprint density at radius 1 is 1.20 bits per heavy atom. The van der Waals surface area contributed by atoms with E-state index >= 15 is 0 Å². The number of esters is 1. The lowest BCUT2D eigenvalue weighted by atomic mass is 10.1. The fourth-order valence-electron chi connectivity index (χ4n) is 1.69. The molecule has 0 aliphatic heterocycles. The number of benzene rings is 1. The minimum Gasteiger partial charge on any atom is -0.487 e. The van der Waals surface area contributed by atoms with Crippen LogP contribution in [0.4, 0.5) is 0 Å². The van der Waals surface area contributed by atoms with Crippen molar-refractivity contribution in [1.29, 1.82) is 0 Å². The first-order valence-electron chi connectivity index (χ1n) is 6.08. The van der Waals surface area contributed by atoms with Gasteiger partial charge in [-0.3, -0.25) is 0 Å². The quantitative estimate of drug-likeness (QED) is 0.801. The van der Waals surface area contributed by atoms with E-state index < -0.39 is 21.4 Å². The average molecular weight is 300 g/mol. The molecule has 0 spiro atoms. The highest BCUT2D eigenvalue weighted by molar-refractivity contribution is 7.90. The summed E-state index contributed by atoms with van der Waals surface area (Å²) >= 11 is 0. The number of aryl methyl sites for hydroxylation is 1. The van der Waals surface area contributed by atoms with Crippen LogP contribution >= 0.6 is 0 Å². The summed E-state index contributed by atoms with van der Waals surface area (Å²) in [6.07, 6.45) is 1.08. The highest BCUT2D eigenvalue weighted by Gasteiger charge is 2.23. The van der Waals surface area contributed by atoms with Crippen LogP contribution in [0.15, 0.2) is 17.0 Å². The molecule has 0 heterocycles. The molecular formula is C14H20O5S. The highest BCUT2D eigenvalue weighted by Crippen LogP contribution is 2.30. The molecule has 0 N–H and O–H groups in total. The summed E-state index contributed by atoms with van der Waals surface area (Å²) < 4.78 is 34.1. The van der Waals surface area contributed by atoms with E-state index in [9.17, 15) is 13.2 Å². The summed E-state index contributed by atoms with van der Waals surface area (Å²) in [5.41, 5.74) is 0.274. The lowest BCUT2D eigenvalue weighted by Crippen LogP contribution is -2.24. The van der Waals surface area contributed by atoms with Gasteiger partial charge < -0.3 is 9.47 Å². The highest BCUT2D eigenvalue weighted by atomic mass is 32.2. The molecule has 112 valence electrons. The van der Waals surface area contributed by atoms with Crippen molar-refractivity contribution in [2.75, 3.05) is 13.4 Å². The standard InChI is InChI=1S/C14H20O5S/c1-9-7-11(19-14(2,3)4)12(20(6,16)17)8-10(9)13(15)18-5/h7-8H,1-6H3. The van der Waals surface area contributed by atoms with Crippen LogP contribution in [0.25, 0.3) is 0 Å². The zero-order chi connectivity index (χ0) is 15.7. The van der Waals surface area contributed by atoms with E-state index in [4.69, 9.17) is 4.74 Å². The molecule has 0 amide bonds. The summed E-state index contributed by atoms with van der Waals surface area (Å²) in [5.74, 6) is -0.333. The molecule has 6 heteroatoms. The van der Waals surface area contributed by atoms with Crippen LogP contribution in [0.1, 0.15) is 36.7 Å². The molecule has 0 aromatic heterocycles. The molecule has 20 heavy (non-hydrogen) atoms. The third-order valence-corrected chi connectivity index (χ3v) is 3.63. The molecular weight excluding hydrogens is 280 g/mol. The Kier molecular flexibility index (Phi) is 4.49. The summed E-state index contributed by atoms with van der Waals surface area (Å²) in [5, 5.41) is 0. The van der Waals surface area contributed by atoms with Crippen LogP contribution in [0.2, 0.25) is 0 Å². The second-order valence-corrected chi connectivity index (χ2v) is 7.58. The van der Waals surface area contributed by atoms with E-state index in [1.54, 1.807) is 13.0 Å². The number of sulfone groups is 1. The van der Waals surface area contributed by atoms with Gasteiger partial charge in [0.25, 0.3) is 0 Å². The SMILES string of the molecule is COC(=O)c1cc(S(C)(=O)=O)c(OC(C)(C)C)cc1C. The molecule has 0 bridgehead atoms. The topological polar surface area (TPSA) is 69.7 Å². The minimum absolute atomic E-state index is 0.0153. The van der Waals surface area contributed by atoms with Crippen LogP contribution in [0.3, 0.4) is 0 Å². The Bertz CT molecular complexity index is 624. The number of ether oxygens (including phenoxy) is 2. The molecule has 0 radical (unpaired) electrons. The molecule has 0 aliphatic rings. The van der Waals surface area contributed by atoms with Crippen molar-refractivity contribution < 1.29 is 22.7 Å². The number of hydrogen-bond acceptors (Lipinski definition) is 5. The van der Waals surface area contributed by atoms with Gasteiger partial charge in [-0.05, 0) is 45.4 Å². The van der Waals surface area contributed by atoms with Crippen LogP contribution in [0.5, 0.6) is 5.75 Å². The van der Waals surface area contributed by atoms with Crippen molar-refractivity contribution in [1.82, 2.24) is 0 Å². The number of carbonyl (C=O) groups is 1. The monoisotopic (exact) mass is 300 g/mol. The Labute approximate surface area is 119 Å². The fraction of sp³-hybridized carbons (Fsp3) is 0.500. The normalized spacial score (nSPS) is 12.1. The Balaban J connectivity index is 3.54. The molecule has 0 aliphatic carbocycles. The van der Waals surface area contributed by atoms with E-state index in [-0.39, 0.29) is 16.2 Å². The van der Waals surface area contributed by atoms with Crippen molar-refractivity contribution in [3.8, 4) is 5.75 Å². The van der Waals surface area contributed by atoms with Crippen LogP contribution in [-0.2, 0) is 14.6 Å². The molecule has 0 saturated carbocycles. The first kappa shape index (κ1) is 16.5. The largest absolute Gasteiger partial charge is 0.487 e. The maximum Gasteiger partial charge on any atom is 0.338 e. The van der Waals surface area contributed by atoms with E-state index in [1.807, 2.05) is 20.8 Å². The van der Waals surface area contributed by atoms with Gasteiger partial charge in [-0.15, -0.1) is 0 Å². The lowest BCUT2D eigenvalue weighted by Gasteiger charge is -2.23. The summed E-state index contributed by atoms with van der Waals surface area (Å²) in [6, 6.07) is 2.85. The van der Waals surface area contributed by atoms with Gasteiger partial charge in [-0.2, -0.15) is 0 Å². The zero-order valence-electron chi connectivity index (χ0n) is 12.6. The number of methoxy groups -OCH3 is 1. The Morgan fingerprint density at radius 3 is 2.15 bits per heavy atom. The summed E-state index contributed by atoms with van der Waals surface area (Å²) in [6.45, 7) is 7.17. The molecule has 1 rings (SSSR count). The van der Waals surface area contributed by atoms with Gasteiger partial charge in [0.1, 0.15) is 16.2 Å². The Morgan fingerprint density at radius 2 is 1.75 bits per heavy atom. The smallest absolute Gasteiger partial charge is 0.338 e. The minimum atomic E-state index is -3.52. The summed E-state index contributed by atoms with van der Waals surface area (Å²) in [4.78, 5) is 11.6. The van der Waals surface area contributed by atoms with Crippen LogP contribution < -0.4 is 4.74 Å². The van der Waals surface area contributed by atoms with Gasteiger partial charge in [-0.1, -0.05) is 0 Å². The number of carbonyl (C=O) groups excluding carboxylic acids is 1. The van der Waals surface area contributed by atoms with Gasteiger partial charge >= 0.3 is 5.97 Å². The molecule has 0 saturated heterocycles. The molecule has 5 nitrogen and oxygen atoms in total.